The van der Waals surface area contributed by atoms with Gasteiger partial charge in [-0.25, -0.2) is 19.3 Å². The molecule has 4 heterocycles. The molecule has 11 heteroatoms. The zero-order valence-corrected chi connectivity index (χ0v) is 22.6. The molecule has 206 valence electrons. The van der Waals surface area contributed by atoms with E-state index in [9.17, 15) is 14.3 Å². The van der Waals surface area contributed by atoms with Crippen LogP contribution >= 0.6 is 0 Å². The van der Waals surface area contributed by atoms with E-state index in [1.165, 1.54) is 6.07 Å². The van der Waals surface area contributed by atoms with Crippen molar-refractivity contribution in [3.05, 3.63) is 53.4 Å². The van der Waals surface area contributed by atoms with Crippen molar-refractivity contribution < 1.29 is 23.8 Å². The Kier molecular flexibility index (Phi) is 8.47. The number of hydrogen-bond acceptors (Lipinski definition) is 8. The number of hydrogen-bond donors (Lipinski definition) is 2. The van der Waals surface area contributed by atoms with Crippen LogP contribution in [-0.4, -0.2) is 55.6 Å². The molecule has 3 aromatic rings. The van der Waals surface area contributed by atoms with Gasteiger partial charge >= 0.3 is 6.09 Å². The number of halogens is 1. The lowest BCUT2D eigenvalue weighted by Gasteiger charge is -2.28. The second kappa shape index (κ2) is 11.6. The van der Waals surface area contributed by atoms with E-state index in [2.05, 4.69) is 20.3 Å². The Bertz CT molecular complexity index is 1260. The third-order valence-corrected chi connectivity index (χ3v) is 6.48. The Morgan fingerprint density at radius 3 is 2.87 bits per heavy atom. The molecular weight excluding hydrogens is 491 g/mol. The quantitative estimate of drug-likeness (QED) is 0.309. The zero-order valence-electron chi connectivity index (χ0n) is 22.6. The minimum absolute atomic E-state index is 0.0882. The lowest BCUT2D eigenvalue weighted by Crippen LogP contribution is -2.37. The number of nitrogens with one attached hydrogen (secondary N) is 1. The van der Waals surface area contributed by atoms with Crippen LogP contribution in [0.5, 0.6) is 0 Å². The number of ether oxygens (including phenoxy) is 2. The van der Waals surface area contributed by atoms with Crippen molar-refractivity contribution in [3.63, 3.8) is 0 Å². The van der Waals surface area contributed by atoms with Crippen LogP contribution in [0.15, 0.2) is 30.7 Å². The molecule has 38 heavy (non-hydrogen) atoms. The molecular formula is C27H37FN6O4. The van der Waals surface area contributed by atoms with Crippen LogP contribution in [-0.2, 0) is 15.9 Å². The normalized spacial score (nSPS) is 17.6. The van der Waals surface area contributed by atoms with Gasteiger partial charge in [-0.2, -0.15) is 9.49 Å². The first-order valence-electron chi connectivity index (χ1n) is 13.1. The third kappa shape index (κ3) is 6.57. The molecule has 1 aliphatic heterocycles. The average molecular weight is 529 g/mol. The van der Waals surface area contributed by atoms with Crippen LogP contribution in [0, 0.1) is 5.95 Å². The zero-order chi connectivity index (χ0) is 27.4. The van der Waals surface area contributed by atoms with Gasteiger partial charge in [0, 0.05) is 31.6 Å². The van der Waals surface area contributed by atoms with Crippen molar-refractivity contribution in [3.8, 4) is 0 Å². The number of carbonyl (C=O) groups is 1. The summed E-state index contributed by atoms with van der Waals surface area (Å²) in [7, 11) is 0. The molecule has 1 aliphatic rings. The number of amides is 1. The molecule has 0 aromatic carbocycles. The topological polar surface area (TPSA) is 114 Å². The molecule has 0 radical (unpaired) electrons. The summed E-state index contributed by atoms with van der Waals surface area (Å²) in [5.74, 6) is 0.186. The van der Waals surface area contributed by atoms with Gasteiger partial charge in [-0.1, -0.05) is 0 Å². The molecule has 10 nitrogen and oxygen atoms in total. The molecule has 3 atom stereocenters. The SMILES string of the molecule is CCOC(O)c1cnn2ccc(N3CCCC3c3cc(F)ncc3CC[C@@H](C)NC(=O)OC(C)(C)C)nc12. The summed E-state index contributed by atoms with van der Waals surface area (Å²) in [5, 5.41) is 17.5. The fraction of sp³-hybridized carbons (Fsp3) is 0.556. The van der Waals surface area contributed by atoms with Crippen LogP contribution < -0.4 is 10.2 Å². The molecule has 0 saturated carbocycles. The van der Waals surface area contributed by atoms with Crippen molar-refractivity contribution in [1.29, 1.82) is 0 Å². The Labute approximate surface area is 222 Å². The predicted octanol–water partition coefficient (Wildman–Crippen LogP) is 4.48. The number of fused-ring (bicyclic) bond motifs is 1. The molecule has 1 fully saturated rings. The Morgan fingerprint density at radius 1 is 1.34 bits per heavy atom. The van der Waals surface area contributed by atoms with Crippen LogP contribution in [0.3, 0.4) is 0 Å². The van der Waals surface area contributed by atoms with Gasteiger partial charge in [0.15, 0.2) is 11.9 Å². The summed E-state index contributed by atoms with van der Waals surface area (Å²) >= 11 is 0. The molecule has 1 amide bonds. The summed E-state index contributed by atoms with van der Waals surface area (Å²) in [4.78, 5) is 23.0. The Balaban J connectivity index is 1.54. The largest absolute Gasteiger partial charge is 0.444 e. The molecule has 0 spiro atoms. The highest BCUT2D eigenvalue weighted by atomic mass is 19.1. The van der Waals surface area contributed by atoms with E-state index in [4.69, 9.17) is 14.5 Å². The van der Waals surface area contributed by atoms with Gasteiger partial charge in [0.2, 0.25) is 5.95 Å². The van der Waals surface area contributed by atoms with Crippen molar-refractivity contribution >= 4 is 17.6 Å². The number of carbonyl (C=O) groups excluding carboxylic acids is 1. The van der Waals surface area contributed by atoms with Crippen molar-refractivity contribution in [1.82, 2.24) is 24.9 Å². The van der Waals surface area contributed by atoms with E-state index in [0.717, 1.165) is 30.5 Å². The number of pyridine rings is 1. The number of rotatable bonds is 9. The van der Waals surface area contributed by atoms with E-state index in [-0.39, 0.29) is 12.1 Å². The highest BCUT2D eigenvalue weighted by molar-refractivity contribution is 5.68. The summed E-state index contributed by atoms with van der Waals surface area (Å²) < 4.78 is 26.7. The smallest absolute Gasteiger partial charge is 0.407 e. The second-order valence-corrected chi connectivity index (χ2v) is 10.6. The maximum atomic E-state index is 14.4. The highest BCUT2D eigenvalue weighted by Crippen LogP contribution is 2.37. The second-order valence-electron chi connectivity index (χ2n) is 10.6. The molecule has 0 aliphatic carbocycles. The molecule has 2 unspecified atom stereocenters. The van der Waals surface area contributed by atoms with E-state index < -0.39 is 23.9 Å². The van der Waals surface area contributed by atoms with E-state index >= 15 is 0 Å². The summed E-state index contributed by atoms with van der Waals surface area (Å²) in [6.07, 6.45) is 6.38. The number of nitrogens with zero attached hydrogens (tertiary/aromatic N) is 5. The van der Waals surface area contributed by atoms with Gasteiger partial charge < -0.3 is 24.8 Å². The van der Waals surface area contributed by atoms with Crippen LogP contribution in [0.1, 0.15) is 82.9 Å². The first kappa shape index (κ1) is 27.7. The molecule has 0 bridgehead atoms. The molecule has 4 rings (SSSR count). The number of anilines is 1. The minimum Gasteiger partial charge on any atom is -0.444 e. The summed E-state index contributed by atoms with van der Waals surface area (Å²) in [6.45, 7) is 10.3. The van der Waals surface area contributed by atoms with E-state index in [1.54, 1.807) is 23.1 Å². The number of aromatic nitrogens is 4. The monoisotopic (exact) mass is 528 g/mol. The van der Waals surface area contributed by atoms with Crippen molar-refractivity contribution in [2.45, 2.75) is 84.3 Å². The van der Waals surface area contributed by atoms with Gasteiger partial charge in [0.05, 0.1) is 17.8 Å². The lowest BCUT2D eigenvalue weighted by molar-refractivity contribution is -0.0971. The van der Waals surface area contributed by atoms with E-state index in [0.29, 0.717) is 36.5 Å². The lowest BCUT2D eigenvalue weighted by atomic mass is 9.96. The predicted molar refractivity (Wildman–Crippen MR) is 140 cm³/mol. The highest BCUT2D eigenvalue weighted by Gasteiger charge is 2.30. The van der Waals surface area contributed by atoms with Crippen LogP contribution in [0.2, 0.25) is 0 Å². The van der Waals surface area contributed by atoms with Crippen molar-refractivity contribution in [2.24, 2.45) is 0 Å². The van der Waals surface area contributed by atoms with Gasteiger partial charge in [0.1, 0.15) is 11.4 Å². The van der Waals surface area contributed by atoms with Gasteiger partial charge in [-0.3, -0.25) is 0 Å². The maximum absolute atomic E-state index is 14.4. The standard InChI is InChI=1S/C27H37FN6O4/c1-6-37-25(35)20-16-30-34-13-11-23(32-24(20)34)33-12-7-8-21(33)19-14-22(28)29-15-18(19)10-9-17(2)31-26(36)38-27(3,4)5/h11,13-17,21,25,35H,6-10,12H2,1-5H3,(H,31,36)/t17-,21?,25?/m1/s1. The Hall–Kier alpha value is -3.31. The summed E-state index contributed by atoms with van der Waals surface area (Å²) in [5.41, 5.74) is 2.23. The number of aryl methyl sites for hydroxylation is 1. The number of aliphatic hydroxyl groups is 1. The van der Waals surface area contributed by atoms with Gasteiger partial charge in [0.25, 0.3) is 0 Å². The van der Waals surface area contributed by atoms with E-state index in [1.807, 2.05) is 40.7 Å². The van der Waals surface area contributed by atoms with Crippen LogP contribution in [0.25, 0.3) is 5.65 Å². The molecule has 2 N–H and O–H groups in total. The van der Waals surface area contributed by atoms with Gasteiger partial charge in [-0.15, -0.1) is 0 Å². The van der Waals surface area contributed by atoms with Gasteiger partial charge in [-0.05, 0) is 83.6 Å². The molecule has 3 aromatic heterocycles. The third-order valence-electron chi connectivity index (χ3n) is 6.48. The first-order valence-corrected chi connectivity index (χ1v) is 13.1. The summed E-state index contributed by atoms with van der Waals surface area (Å²) in [6, 6.07) is 3.16. The average Bonchev–Trinajstić information content (AvgIpc) is 3.49. The first-order chi connectivity index (χ1) is 18.1. The van der Waals surface area contributed by atoms with Crippen molar-refractivity contribution in [2.75, 3.05) is 18.1 Å². The fourth-order valence-electron chi connectivity index (χ4n) is 4.77. The number of alkyl carbamates (subject to hydrolysis) is 1. The minimum atomic E-state index is -1.12. The molecule has 1 saturated heterocycles. The number of aliphatic hydroxyl groups excluding tert-OH is 1. The maximum Gasteiger partial charge on any atom is 0.407 e. The fourth-order valence-corrected chi connectivity index (χ4v) is 4.77. The Morgan fingerprint density at radius 2 is 2.13 bits per heavy atom. The van der Waals surface area contributed by atoms with Crippen LogP contribution in [0.4, 0.5) is 15.0 Å².